The maximum atomic E-state index is 8.00. The number of hydrogen-bond acceptors (Lipinski definition) is 4. The molecule has 0 saturated heterocycles. The van der Waals surface area contributed by atoms with Crippen molar-refractivity contribution in [2.45, 2.75) is 13.8 Å². The van der Waals surface area contributed by atoms with Crippen LogP contribution in [-0.4, -0.2) is 33.9 Å². The third-order valence-corrected chi connectivity index (χ3v) is 2.60. The fraction of sp³-hybridized carbons (Fsp3) is 0.462. The largest absolute Gasteiger partial charge is 0.467 e. The molecule has 0 fully saturated rings. The highest BCUT2D eigenvalue weighted by atomic mass is 79.9. The van der Waals surface area contributed by atoms with Gasteiger partial charge in [0.2, 0.25) is 0 Å². The van der Waals surface area contributed by atoms with E-state index in [1.165, 1.54) is 0 Å². The first-order chi connectivity index (χ1) is 8.65. The van der Waals surface area contributed by atoms with E-state index < -0.39 is 0 Å². The van der Waals surface area contributed by atoms with Crippen LogP contribution in [0.4, 0.5) is 0 Å². The second-order valence-electron chi connectivity index (χ2n) is 3.53. The summed E-state index contributed by atoms with van der Waals surface area (Å²) in [4.78, 5) is 8.00. The van der Waals surface area contributed by atoms with E-state index >= 15 is 0 Å². The molecule has 4 nitrogen and oxygen atoms in total. The monoisotopic (exact) mass is 318 g/mol. The highest BCUT2D eigenvalue weighted by Crippen LogP contribution is 2.27. The van der Waals surface area contributed by atoms with Crippen molar-refractivity contribution in [3.05, 3.63) is 27.7 Å². The van der Waals surface area contributed by atoms with Crippen molar-refractivity contribution in [2.24, 2.45) is 0 Å². The molecule has 5 heteroatoms. The molecule has 1 aromatic carbocycles. The number of rotatable bonds is 6. The fourth-order valence-corrected chi connectivity index (χ4v) is 2.11. The lowest BCUT2D eigenvalue weighted by Gasteiger charge is -2.12. The second kappa shape index (κ2) is 10.1. The van der Waals surface area contributed by atoms with Crippen molar-refractivity contribution in [1.82, 2.24) is 0 Å². The van der Waals surface area contributed by atoms with E-state index in [1.807, 2.05) is 32.8 Å². The van der Waals surface area contributed by atoms with Gasteiger partial charge in [-0.15, -0.1) is 0 Å². The summed E-state index contributed by atoms with van der Waals surface area (Å²) in [5.41, 5.74) is 2.20. The van der Waals surface area contributed by atoms with Gasteiger partial charge in [0.25, 0.3) is 0 Å². The molecule has 0 radical (unpaired) electrons. The first kappa shape index (κ1) is 17.1. The Balaban J connectivity index is 0.00000137. The summed E-state index contributed by atoms with van der Waals surface area (Å²) < 4.78 is 16.8. The Kier molecular flexibility index (Phi) is 9.55. The number of halogens is 1. The topological polar surface area (TPSA) is 44.8 Å². The van der Waals surface area contributed by atoms with Gasteiger partial charge in [-0.2, -0.15) is 0 Å². The van der Waals surface area contributed by atoms with Crippen LogP contribution in [0.2, 0.25) is 0 Å². The summed E-state index contributed by atoms with van der Waals surface area (Å²) >= 11 is 3.45. The minimum absolute atomic E-state index is 0.257. The van der Waals surface area contributed by atoms with E-state index in [9.17, 15) is 0 Å². The molecule has 0 N–H and O–H groups in total. The molecule has 0 aromatic heterocycles. The van der Waals surface area contributed by atoms with Crippen LogP contribution in [0.25, 0.3) is 0 Å². The van der Waals surface area contributed by atoms with Crippen LogP contribution in [0, 0.1) is 13.8 Å². The van der Waals surface area contributed by atoms with Gasteiger partial charge in [0, 0.05) is 11.6 Å². The van der Waals surface area contributed by atoms with Gasteiger partial charge in [-0.25, -0.2) is 0 Å². The first-order valence-electron chi connectivity index (χ1n) is 5.40. The summed E-state index contributed by atoms with van der Waals surface area (Å²) in [6.07, 6.45) is 0. The zero-order valence-corrected chi connectivity index (χ0v) is 12.6. The van der Waals surface area contributed by atoms with Gasteiger partial charge in [-0.3, -0.25) is 0 Å². The van der Waals surface area contributed by atoms with Crippen LogP contribution in [0.15, 0.2) is 16.6 Å². The van der Waals surface area contributed by atoms with Crippen LogP contribution in [0.5, 0.6) is 5.75 Å². The highest BCUT2D eigenvalue weighted by Gasteiger charge is 2.05. The maximum Gasteiger partial charge on any atom is 0.189 e. The molecular formula is C13H19BrO4. The quantitative estimate of drug-likeness (QED) is 0.597. The Hall–Kier alpha value is -0.910. The summed E-state index contributed by atoms with van der Waals surface area (Å²) in [6, 6.07) is 4.05. The molecule has 0 aliphatic rings. The highest BCUT2D eigenvalue weighted by molar-refractivity contribution is 9.10. The normalized spacial score (nSPS) is 9.56. The predicted molar refractivity (Wildman–Crippen MR) is 74.1 cm³/mol. The average molecular weight is 319 g/mol. The Bertz CT molecular complexity index is 332. The van der Waals surface area contributed by atoms with Crippen molar-refractivity contribution >= 4 is 22.7 Å². The van der Waals surface area contributed by atoms with Crippen LogP contribution in [0.1, 0.15) is 11.1 Å². The summed E-state index contributed by atoms with van der Waals surface area (Å²) in [7, 11) is 1.65. The molecule has 0 unspecified atom stereocenters. The van der Waals surface area contributed by atoms with Crippen LogP contribution in [0.3, 0.4) is 0 Å². The molecule has 18 heavy (non-hydrogen) atoms. The average Bonchev–Trinajstić information content (AvgIpc) is 2.34. The molecular weight excluding hydrogens is 300 g/mol. The van der Waals surface area contributed by atoms with Crippen molar-refractivity contribution in [2.75, 3.05) is 27.1 Å². The van der Waals surface area contributed by atoms with E-state index in [1.54, 1.807) is 7.11 Å². The van der Waals surface area contributed by atoms with E-state index in [0.29, 0.717) is 13.2 Å². The summed E-state index contributed by atoms with van der Waals surface area (Å²) in [5.74, 6) is 0.889. The number of hydrogen-bond donors (Lipinski definition) is 0. The summed E-state index contributed by atoms with van der Waals surface area (Å²) in [6.45, 7) is 7.42. The predicted octanol–water partition coefficient (Wildman–Crippen LogP) is 2.88. The maximum absolute atomic E-state index is 8.00. The third kappa shape index (κ3) is 6.14. The van der Waals surface area contributed by atoms with Crippen LogP contribution < -0.4 is 4.74 Å². The van der Waals surface area contributed by atoms with Gasteiger partial charge in [-0.1, -0.05) is 15.9 Å². The zero-order chi connectivity index (χ0) is 14.0. The van der Waals surface area contributed by atoms with Gasteiger partial charge in [0.05, 0.1) is 13.2 Å². The lowest BCUT2D eigenvalue weighted by Crippen LogP contribution is -2.09. The van der Waals surface area contributed by atoms with Crippen molar-refractivity contribution in [1.29, 1.82) is 0 Å². The smallest absolute Gasteiger partial charge is 0.189 e. The second-order valence-corrected chi connectivity index (χ2v) is 4.45. The zero-order valence-electron chi connectivity index (χ0n) is 11.0. The Morgan fingerprint density at radius 1 is 1.17 bits per heavy atom. The molecule has 0 saturated carbocycles. The molecule has 0 heterocycles. The summed E-state index contributed by atoms with van der Waals surface area (Å²) in [5, 5.41) is 0. The minimum atomic E-state index is 0.257. The van der Waals surface area contributed by atoms with Crippen molar-refractivity contribution in [3.63, 3.8) is 0 Å². The van der Waals surface area contributed by atoms with Crippen molar-refractivity contribution in [3.8, 4) is 5.75 Å². The fourth-order valence-electron chi connectivity index (χ4n) is 1.43. The van der Waals surface area contributed by atoms with E-state index in [4.69, 9.17) is 19.0 Å². The van der Waals surface area contributed by atoms with Gasteiger partial charge < -0.3 is 19.0 Å². The Morgan fingerprint density at radius 2 is 1.72 bits per heavy atom. The minimum Gasteiger partial charge on any atom is -0.467 e. The Morgan fingerprint density at radius 3 is 2.22 bits per heavy atom. The van der Waals surface area contributed by atoms with Crippen LogP contribution in [-0.2, 0) is 14.3 Å². The number of methoxy groups -OCH3 is 1. The van der Waals surface area contributed by atoms with Gasteiger partial charge in [-0.05, 0) is 37.1 Å². The number of carbonyl (C=O) groups is 1. The molecule has 0 spiro atoms. The molecule has 0 amide bonds. The van der Waals surface area contributed by atoms with Gasteiger partial charge in [0.15, 0.2) is 6.79 Å². The molecule has 0 bridgehead atoms. The number of carbonyl (C=O) groups excluding carboxylic acids is 1. The number of aryl methyl sites for hydroxylation is 2. The molecule has 0 aliphatic heterocycles. The molecule has 0 atom stereocenters. The van der Waals surface area contributed by atoms with Gasteiger partial charge >= 0.3 is 0 Å². The van der Waals surface area contributed by atoms with Crippen molar-refractivity contribution < 1.29 is 19.0 Å². The van der Waals surface area contributed by atoms with E-state index in [-0.39, 0.29) is 6.79 Å². The standard InChI is InChI=1S/C12H17BrO3.CH2O/c1-9-6-11(13)7-10(2)12(9)16-8-15-5-4-14-3;1-2/h6-7H,4-5,8H2,1-3H3;1H2. The number of ether oxygens (including phenoxy) is 3. The molecule has 0 aliphatic carbocycles. The lowest BCUT2D eigenvalue weighted by atomic mass is 10.1. The SMILES string of the molecule is C=O.COCCOCOc1c(C)cc(Br)cc1C. The molecule has 1 rings (SSSR count). The lowest BCUT2D eigenvalue weighted by molar-refractivity contribution is -0.0979. The van der Waals surface area contributed by atoms with Gasteiger partial charge in [0.1, 0.15) is 12.5 Å². The first-order valence-corrected chi connectivity index (χ1v) is 6.19. The van der Waals surface area contributed by atoms with Crippen LogP contribution >= 0.6 is 15.9 Å². The number of benzene rings is 1. The molecule has 1 aromatic rings. The molecule has 102 valence electrons. The van der Waals surface area contributed by atoms with E-state index in [0.717, 1.165) is 21.3 Å². The van der Waals surface area contributed by atoms with E-state index in [2.05, 4.69) is 15.9 Å². The Labute approximate surface area is 116 Å². The third-order valence-electron chi connectivity index (χ3n) is 2.14.